The Kier molecular flexibility index (Phi) is 5.10. The van der Waals surface area contributed by atoms with E-state index in [1.54, 1.807) is 11.3 Å². The molecule has 0 fully saturated rings. The second-order valence-corrected chi connectivity index (χ2v) is 5.73. The lowest BCUT2D eigenvalue weighted by Gasteiger charge is -2.00. The molecule has 0 aliphatic rings. The molecule has 0 saturated carbocycles. The van der Waals surface area contributed by atoms with Crippen molar-refractivity contribution in [1.29, 1.82) is 0 Å². The van der Waals surface area contributed by atoms with Gasteiger partial charge in [0.15, 0.2) is 0 Å². The molecule has 3 heteroatoms. The van der Waals surface area contributed by atoms with E-state index in [9.17, 15) is 0 Å². The summed E-state index contributed by atoms with van der Waals surface area (Å²) < 4.78 is 0. The molecule has 0 atom stereocenters. The Hall–Kier alpha value is -0.430. The molecule has 0 unspecified atom stereocenters. The molecule has 0 aliphatic heterocycles. The van der Waals surface area contributed by atoms with Crippen LogP contribution in [0.2, 0.25) is 0 Å². The fourth-order valence-corrected chi connectivity index (χ4v) is 2.58. The third kappa shape index (κ3) is 4.19. The van der Waals surface area contributed by atoms with E-state index in [0.717, 1.165) is 11.3 Å². The highest BCUT2D eigenvalue weighted by molar-refractivity contribution is 7.99. The highest BCUT2D eigenvalue weighted by Crippen LogP contribution is 2.22. The minimum atomic E-state index is 0.436. The fourth-order valence-electron chi connectivity index (χ4n) is 0.924. The van der Waals surface area contributed by atoms with Crippen LogP contribution in [0.4, 0.5) is 0 Å². The van der Waals surface area contributed by atoms with E-state index in [2.05, 4.69) is 37.1 Å². The first-order chi connectivity index (χ1) is 6.72. The normalized spacial score (nSPS) is 10.0. The molecule has 0 saturated heterocycles. The van der Waals surface area contributed by atoms with Crippen molar-refractivity contribution < 1.29 is 0 Å². The van der Waals surface area contributed by atoms with Gasteiger partial charge in [-0.3, -0.25) is 0 Å². The van der Waals surface area contributed by atoms with Crippen molar-refractivity contribution in [2.75, 3.05) is 6.54 Å². The molecule has 0 aliphatic carbocycles. The van der Waals surface area contributed by atoms with Crippen LogP contribution >= 0.6 is 23.1 Å². The van der Waals surface area contributed by atoms with Gasteiger partial charge in [0.25, 0.3) is 0 Å². The largest absolute Gasteiger partial charge is 0.320 e. The van der Waals surface area contributed by atoms with Crippen LogP contribution in [0.3, 0.4) is 0 Å². The van der Waals surface area contributed by atoms with Crippen molar-refractivity contribution in [2.24, 2.45) is 5.73 Å². The number of rotatable bonds is 3. The maximum atomic E-state index is 5.31. The molecule has 2 N–H and O–H groups in total. The summed E-state index contributed by atoms with van der Waals surface area (Å²) in [4.78, 5) is 1.39. The number of thioether (sulfide) groups is 1. The summed E-state index contributed by atoms with van der Waals surface area (Å²) in [5.41, 5.74) is 6.40. The summed E-state index contributed by atoms with van der Waals surface area (Å²) in [7, 11) is 0. The zero-order valence-corrected chi connectivity index (χ0v) is 10.2. The van der Waals surface area contributed by atoms with Crippen LogP contribution in [0, 0.1) is 11.8 Å². The fraction of sp³-hybridized carbons (Fsp3) is 0.455. The Morgan fingerprint density at radius 3 is 3.00 bits per heavy atom. The molecule has 0 spiro atoms. The summed E-state index contributed by atoms with van der Waals surface area (Å²) in [6.07, 6.45) is 0. The Morgan fingerprint density at radius 1 is 1.57 bits per heavy atom. The van der Waals surface area contributed by atoms with Crippen LogP contribution in [0.5, 0.6) is 0 Å². The van der Waals surface area contributed by atoms with E-state index in [1.807, 2.05) is 11.8 Å². The van der Waals surface area contributed by atoms with E-state index in [1.165, 1.54) is 4.88 Å². The molecule has 1 nitrogen and oxygen atoms in total. The average molecular weight is 225 g/mol. The van der Waals surface area contributed by atoms with Gasteiger partial charge in [-0.15, -0.1) is 11.3 Å². The van der Waals surface area contributed by atoms with Crippen molar-refractivity contribution in [3.63, 3.8) is 0 Å². The standard InChI is InChI=1S/C11H15NS2/c1-9(2)13-8-11-6-10(7-14-11)4-3-5-12/h6-7,9H,5,8,12H2,1-2H3. The molecule has 0 bridgehead atoms. The zero-order valence-electron chi connectivity index (χ0n) is 8.54. The molecule has 1 rings (SSSR count). The van der Waals surface area contributed by atoms with Gasteiger partial charge in [-0.1, -0.05) is 25.7 Å². The monoisotopic (exact) mass is 225 g/mol. The molecule has 1 heterocycles. The number of hydrogen-bond acceptors (Lipinski definition) is 3. The number of hydrogen-bond donors (Lipinski definition) is 1. The van der Waals surface area contributed by atoms with Crippen molar-refractivity contribution in [1.82, 2.24) is 0 Å². The van der Waals surface area contributed by atoms with Crippen LogP contribution in [0.1, 0.15) is 24.3 Å². The molecule has 0 aromatic carbocycles. The van der Waals surface area contributed by atoms with Crippen molar-refractivity contribution in [3.05, 3.63) is 21.9 Å². The van der Waals surface area contributed by atoms with Gasteiger partial charge in [-0.25, -0.2) is 0 Å². The first-order valence-corrected chi connectivity index (χ1v) is 6.53. The van der Waals surface area contributed by atoms with Crippen LogP contribution < -0.4 is 5.73 Å². The van der Waals surface area contributed by atoms with Crippen molar-refractivity contribution in [2.45, 2.75) is 24.9 Å². The molecule has 14 heavy (non-hydrogen) atoms. The number of nitrogens with two attached hydrogens (primary N) is 1. The van der Waals surface area contributed by atoms with Gasteiger partial charge in [-0.05, 0) is 11.3 Å². The summed E-state index contributed by atoms with van der Waals surface area (Å²) in [6, 6.07) is 2.16. The lowest BCUT2D eigenvalue weighted by molar-refractivity contribution is 1.11. The minimum Gasteiger partial charge on any atom is -0.320 e. The molecular formula is C11H15NS2. The lowest BCUT2D eigenvalue weighted by atomic mass is 10.3. The maximum absolute atomic E-state index is 5.31. The SMILES string of the molecule is CC(C)SCc1cc(C#CCN)cs1. The Morgan fingerprint density at radius 2 is 2.36 bits per heavy atom. The van der Waals surface area contributed by atoms with Crippen molar-refractivity contribution >= 4 is 23.1 Å². The van der Waals surface area contributed by atoms with E-state index >= 15 is 0 Å². The second-order valence-electron chi connectivity index (χ2n) is 3.17. The Labute approximate surface area is 94.1 Å². The predicted molar refractivity (Wildman–Crippen MR) is 66.7 cm³/mol. The van der Waals surface area contributed by atoms with Gasteiger partial charge < -0.3 is 5.73 Å². The second kappa shape index (κ2) is 6.13. The van der Waals surface area contributed by atoms with E-state index in [4.69, 9.17) is 5.73 Å². The smallest absolute Gasteiger partial charge is 0.0555 e. The first kappa shape index (κ1) is 11.6. The van der Waals surface area contributed by atoms with Crippen LogP contribution in [0.25, 0.3) is 0 Å². The maximum Gasteiger partial charge on any atom is 0.0555 e. The van der Waals surface area contributed by atoms with E-state index < -0.39 is 0 Å². The van der Waals surface area contributed by atoms with Crippen LogP contribution in [0.15, 0.2) is 11.4 Å². The van der Waals surface area contributed by atoms with Gasteiger partial charge in [-0.2, -0.15) is 11.8 Å². The average Bonchev–Trinajstić information content (AvgIpc) is 2.59. The molecule has 76 valence electrons. The highest BCUT2D eigenvalue weighted by Gasteiger charge is 1.99. The number of thiophene rings is 1. The zero-order chi connectivity index (χ0) is 10.4. The summed E-state index contributed by atoms with van der Waals surface area (Å²) in [5, 5.41) is 2.79. The Bertz CT molecular complexity index is 331. The van der Waals surface area contributed by atoms with Gasteiger partial charge in [0, 0.05) is 21.6 Å². The quantitative estimate of drug-likeness (QED) is 0.800. The Balaban J connectivity index is 2.51. The van der Waals surface area contributed by atoms with Crippen molar-refractivity contribution in [3.8, 4) is 11.8 Å². The molecular weight excluding hydrogens is 210 g/mol. The third-order valence-electron chi connectivity index (χ3n) is 1.55. The van der Waals surface area contributed by atoms with Gasteiger partial charge >= 0.3 is 0 Å². The minimum absolute atomic E-state index is 0.436. The first-order valence-electron chi connectivity index (χ1n) is 4.60. The highest BCUT2D eigenvalue weighted by atomic mass is 32.2. The lowest BCUT2D eigenvalue weighted by Crippen LogP contribution is -1.92. The van der Waals surface area contributed by atoms with Gasteiger partial charge in [0.05, 0.1) is 6.54 Å². The summed E-state index contributed by atoms with van der Waals surface area (Å²) in [5.74, 6) is 6.99. The van der Waals surface area contributed by atoms with Gasteiger partial charge in [0.1, 0.15) is 0 Å². The summed E-state index contributed by atoms with van der Waals surface area (Å²) >= 11 is 3.74. The molecule has 0 amide bonds. The van der Waals surface area contributed by atoms with Crippen LogP contribution in [-0.2, 0) is 5.75 Å². The van der Waals surface area contributed by atoms with E-state index in [0.29, 0.717) is 11.8 Å². The predicted octanol–water partition coefficient (Wildman–Crippen LogP) is 2.70. The molecule has 1 aromatic rings. The topological polar surface area (TPSA) is 26.0 Å². The van der Waals surface area contributed by atoms with Gasteiger partial charge in [0.2, 0.25) is 0 Å². The molecule has 0 radical (unpaired) electrons. The third-order valence-corrected chi connectivity index (χ3v) is 3.81. The van der Waals surface area contributed by atoms with E-state index in [-0.39, 0.29) is 0 Å². The van der Waals surface area contributed by atoms with Crippen LogP contribution in [-0.4, -0.2) is 11.8 Å². The molecule has 1 aromatic heterocycles. The summed E-state index contributed by atoms with van der Waals surface area (Å²) in [6.45, 7) is 4.87.